The predicted molar refractivity (Wildman–Crippen MR) is 234 cm³/mol. The van der Waals surface area contributed by atoms with Crippen molar-refractivity contribution in [3.63, 3.8) is 0 Å². The monoisotopic (exact) mass is 846 g/mol. The molecule has 3 aromatic rings. The molecule has 330 valence electrons. The van der Waals surface area contributed by atoms with Gasteiger partial charge in [0, 0.05) is 72.1 Å². The number of nitriles is 1. The molecule has 13 heteroatoms. The number of pyridine rings is 2. The molecule has 1 aromatic carbocycles. The summed E-state index contributed by atoms with van der Waals surface area (Å²) in [5.41, 5.74) is 1.56. The Morgan fingerprint density at radius 1 is 0.952 bits per heavy atom. The summed E-state index contributed by atoms with van der Waals surface area (Å²) in [4.78, 5) is 62.3. The molecule has 0 radical (unpaired) electrons. The van der Waals surface area contributed by atoms with Gasteiger partial charge in [0.15, 0.2) is 5.78 Å². The normalized spacial score (nSPS) is 30.5. The van der Waals surface area contributed by atoms with Crippen LogP contribution in [0.2, 0.25) is 0 Å². The molecule has 62 heavy (non-hydrogen) atoms. The molecule has 4 aliphatic carbocycles. The van der Waals surface area contributed by atoms with E-state index in [1.807, 2.05) is 44.7 Å². The molecule has 8 atom stereocenters. The fourth-order valence-electron chi connectivity index (χ4n) is 11.9. The first-order valence-electron chi connectivity index (χ1n) is 22.4. The number of Topliss-reactive ketones (excluding diaryl/α,β-unsaturated/α-hetero) is 2. The summed E-state index contributed by atoms with van der Waals surface area (Å²) in [5.74, 6) is 1.03. The standard InChI is InChI=1S/C28H30N6O2.C21H32O5/c1-18(2)32-26-9-7-23(17-31-26)27(35)33-25-14-22(6-4-19(25)3)28(36)34-12-10-21(11-13-34)24-8-5-20(15-29)16-30-24;1-19-7-5-13(23)9-12(19)3-4-14-15-6-8-21(26,17(25)11-22)20(15,2)10-16(24)18(14)19/h4-9,14,16-18,21H,10-13H2,1-3H3,(H,31,32)(H,33,35);12-15,18,22-23,26H,3-11H2,1-2H3/t;12-,13-,14+,15+,18-,19+,20+,21+/m.1/s1. The largest absolute Gasteiger partial charge is 0.393 e. The van der Waals surface area contributed by atoms with Gasteiger partial charge >= 0.3 is 0 Å². The van der Waals surface area contributed by atoms with Gasteiger partial charge in [-0.25, -0.2) is 4.98 Å². The molecule has 0 spiro atoms. The molecule has 4 saturated carbocycles. The third-order valence-electron chi connectivity index (χ3n) is 15.4. The SMILES string of the molecule is C[C@]12CC[C@@H](O)C[C@H]1CC[C@@H]1[C@@H]2C(=O)C[C@@]2(C)[C@H]1CC[C@]2(O)C(=O)CO.Cc1ccc(C(=O)N2CCC(c3ccc(C#N)cn3)CC2)cc1NC(=O)c1ccc(NC(C)C)nc1. The van der Waals surface area contributed by atoms with Crippen LogP contribution in [0.15, 0.2) is 54.9 Å². The lowest BCUT2D eigenvalue weighted by atomic mass is 9.44. The van der Waals surface area contributed by atoms with E-state index in [4.69, 9.17) is 5.26 Å². The zero-order valence-electron chi connectivity index (χ0n) is 36.7. The molecule has 0 unspecified atom stereocenters. The zero-order chi connectivity index (χ0) is 44.6. The lowest BCUT2D eigenvalue weighted by Crippen LogP contribution is -2.62. The van der Waals surface area contributed by atoms with Crippen LogP contribution in [-0.2, 0) is 9.59 Å². The number of carbonyl (C=O) groups excluding carboxylic acids is 4. The van der Waals surface area contributed by atoms with Crippen molar-refractivity contribution in [3.8, 4) is 6.07 Å². The molecule has 1 aliphatic heterocycles. The molecule has 2 amide bonds. The molecule has 8 rings (SSSR count). The van der Waals surface area contributed by atoms with Crippen molar-refractivity contribution in [2.24, 2.45) is 34.5 Å². The summed E-state index contributed by atoms with van der Waals surface area (Å²) < 4.78 is 0. The molecular formula is C49H62N6O7. The van der Waals surface area contributed by atoms with Crippen LogP contribution in [0, 0.1) is 52.8 Å². The number of anilines is 2. The van der Waals surface area contributed by atoms with E-state index in [9.17, 15) is 34.5 Å². The number of amides is 2. The summed E-state index contributed by atoms with van der Waals surface area (Å²) in [6, 6.07) is 14.9. The number of hydrogen-bond donors (Lipinski definition) is 5. The Morgan fingerprint density at radius 2 is 1.69 bits per heavy atom. The van der Waals surface area contributed by atoms with Crippen molar-refractivity contribution in [2.75, 3.05) is 30.3 Å². The Morgan fingerprint density at radius 3 is 2.34 bits per heavy atom. The van der Waals surface area contributed by atoms with Gasteiger partial charge in [-0.3, -0.25) is 24.2 Å². The highest BCUT2D eigenvalue weighted by molar-refractivity contribution is 6.05. The van der Waals surface area contributed by atoms with Crippen LogP contribution in [-0.4, -0.2) is 91.0 Å². The topological polar surface area (TPSA) is 206 Å². The van der Waals surface area contributed by atoms with E-state index < -0.39 is 23.4 Å². The van der Waals surface area contributed by atoms with Crippen LogP contribution < -0.4 is 10.6 Å². The van der Waals surface area contributed by atoms with Gasteiger partial charge in [0.2, 0.25) is 0 Å². The van der Waals surface area contributed by atoms with E-state index in [1.54, 1.807) is 36.5 Å². The van der Waals surface area contributed by atoms with Crippen LogP contribution in [0.3, 0.4) is 0 Å². The number of hydrogen-bond acceptors (Lipinski definition) is 11. The average molecular weight is 847 g/mol. The van der Waals surface area contributed by atoms with Crippen LogP contribution >= 0.6 is 0 Å². The number of aryl methyl sites for hydroxylation is 1. The number of piperidine rings is 1. The number of nitrogens with zero attached hydrogens (tertiary/aromatic N) is 4. The van der Waals surface area contributed by atoms with Crippen LogP contribution in [0.4, 0.5) is 11.5 Å². The van der Waals surface area contributed by atoms with E-state index in [2.05, 4.69) is 33.6 Å². The minimum Gasteiger partial charge on any atom is -0.393 e. The first-order valence-corrected chi connectivity index (χ1v) is 22.4. The van der Waals surface area contributed by atoms with E-state index in [0.29, 0.717) is 53.6 Å². The Hall–Kier alpha value is -5.03. The van der Waals surface area contributed by atoms with E-state index >= 15 is 0 Å². The molecule has 13 nitrogen and oxygen atoms in total. The van der Waals surface area contributed by atoms with Gasteiger partial charge in [-0.1, -0.05) is 19.9 Å². The summed E-state index contributed by atoms with van der Waals surface area (Å²) >= 11 is 0. The summed E-state index contributed by atoms with van der Waals surface area (Å²) in [7, 11) is 0. The number of rotatable bonds is 8. The first kappa shape index (κ1) is 45.0. The fraction of sp³-hybridized carbons (Fsp3) is 0.571. The number of nitrogens with one attached hydrogen (secondary N) is 2. The molecule has 3 heterocycles. The minimum atomic E-state index is -1.58. The van der Waals surface area contributed by atoms with E-state index in [0.717, 1.165) is 62.6 Å². The lowest BCUT2D eigenvalue weighted by Gasteiger charge is -2.60. The highest BCUT2D eigenvalue weighted by Crippen LogP contribution is 2.67. The van der Waals surface area contributed by atoms with Crippen LogP contribution in [0.1, 0.15) is 135 Å². The number of aliphatic hydroxyl groups excluding tert-OH is 2. The van der Waals surface area contributed by atoms with Gasteiger partial charge in [-0.2, -0.15) is 5.26 Å². The summed E-state index contributed by atoms with van der Waals surface area (Å²) in [6.45, 7) is 10.7. The van der Waals surface area contributed by atoms with Gasteiger partial charge in [-0.15, -0.1) is 0 Å². The number of likely N-dealkylation sites (tertiary alicyclic amines) is 1. The predicted octanol–water partition coefficient (Wildman–Crippen LogP) is 6.61. The fourth-order valence-corrected chi connectivity index (χ4v) is 11.9. The third kappa shape index (κ3) is 8.53. The van der Waals surface area contributed by atoms with Crippen molar-refractivity contribution in [2.45, 2.75) is 122 Å². The van der Waals surface area contributed by atoms with Gasteiger partial charge < -0.3 is 30.9 Å². The molecule has 2 aromatic heterocycles. The number of aromatic nitrogens is 2. The number of ketones is 2. The quantitative estimate of drug-likeness (QED) is 0.163. The lowest BCUT2D eigenvalue weighted by molar-refractivity contribution is -0.180. The number of fused-ring (bicyclic) bond motifs is 5. The van der Waals surface area contributed by atoms with Gasteiger partial charge in [0.25, 0.3) is 11.8 Å². The van der Waals surface area contributed by atoms with Gasteiger partial charge in [0.1, 0.15) is 29.9 Å². The molecule has 5 aliphatic rings. The summed E-state index contributed by atoms with van der Waals surface area (Å²) in [6.07, 6.45) is 10.2. The van der Waals surface area contributed by atoms with Gasteiger partial charge in [0.05, 0.1) is 17.2 Å². The Kier molecular flexibility index (Phi) is 13.1. The molecule has 1 saturated heterocycles. The molecular weight excluding hydrogens is 785 g/mol. The maximum absolute atomic E-state index is 13.4. The summed E-state index contributed by atoms with van der Waals surface area (Å²) in [5, 5.41) is 45.7. The second-order valence-corrected chi connectivity index (χ2v) is 19.4. The van der Waals surface area contributed by atoms with Crippen LogP contribution in [0.25, 0.3) is 0 Å². The Balaban J connectivity index is 0.000000196. The maximum atomic E-state index is 13.4. The van der Waals surface area contributed by atoms with Crippen molar-refractivity contribution >= 4 is 34.9 Å². The second kappa shape index (κ2) is 18.0. The second-order valence-electron chi connectivity index (χ2n) is 19.4. The highest BCUT2D eigenvalue weighted by atomic mass is 16.3. The van der Waals surface area contributed by atoms with E-state index in [-0.39, 0.29) is 65.3 Å². The smallest absolute Gasteiger partial charge is 0.257 e. The number of aliphatic hydroxyl groups is 3. The molecule has 0 bridgehead atoms. The third-order valence-corrected chi connectivity index (χ3v) is 15.4. The van der Waals surface area contributed by atoms with Crippen molar-refractivity contribution in [1.29, 1.82) is 5.26 Å². The van der Waals surface area contributed by atoms with Crippen LogP contribution in [0.5, 0.6) is 0 Å². The number of carbonyl (C=O) groups is 4. The Labute approximate surface area is 364 Å². The minimum absolute atomic E-state index is 0.0154. The van der Waals surface area contributed by atoms with E-state index in [1.165, 1.54) is 6.20 Å². The molecule has 5 N–H and O–H groups in total. The maximum Gasteiger partial charge on any atom is 0.257 e. The first-order chi connectivity index (χ1) is 29.5. The average Bonchev–Trinajstić information content (AvgIpc) is 3.54. The highest BCUT2D eigenvalue weighted by Gasteiger charge is 2.68. The van der Waals surface area contributed by atoms with Crippen molar-refractivity contribution < 1.29 is 34.5 Å². The van der Waals surface area contributed by atoms with Gasteiger partial charge in [-0.05, 0) is 144 Å². The zero-order valence-corrected chi connectivity index (χ0v) is 36.7. The Bertz CT molecular complexity index is 2200. The van der Waals surface area contributed by atoms with Crippen molar-refractivity contribution in [3.05, 3.63) is 82.8 Å². The van der Waals surface area contributed by atoms with Crippen molar-refractivity contribution in [1.82, 2.24) is 14.9 Å². The molecule has 5 fully saturated rings. The number of benzene rings is 1.